The van der Waals surface area contributed by atoms with Crippen LogP contribution in [-0.4, -0.2) is 9.91 Å². The molecule has 0 aliphatic heterocycles. The minimum atomic E-state index is -0.441. The van der Waals surface area contributed by atoms with Gasteiger partial charge in [0.15, 0.2) is 0 Å². The van der Waals surface area contributed by atoms with E-state index in [9.17, 15) is 15.4 Å². The normalized spacial score (nSPS) is 11.0. The van der Waals surface area contributed by atoms with Gasteiger partial charge < -0.3 is 5.32 Å². The van der Waals surface area contributed by atoms with Crippen molar-refractivity contribution >= 4 is 28.3 Å². The highest BCUT2D eigenvalue weighted by Crippen LogP contribution is 2.28. The molecule has 0 saturated heterocycles. The van der Waals surface area contributed by atoms with Crippen molar-refractivity contribution in [3.05, 3.63) is 80.8 Å². The summed E-state index contributed by atoms with van der Waals surface area (Å²) in [6.07, 6.45) is 1.62. The summed E-state index contributed by atoms with van der Waals surface area (Å²) in [7, 11) is 0. The van der Waals surface area contributed by atoms with E-state index in [2.05, 4.69) is 16.4 Å². The van der Waals surface area contributed by atoms with Gasteiger partial charge in [0.2, 0.25) is 0 Å². The van der Waals surface area contributed by atoms with Gasteiger partial charge in [0.05, 0.1) is 10.6 Å². The fourth-order valence-corrected chi connectivity index (χ4v) is 3.13. The quantitative estimate of drug-likeness (QED) is 0.391. The zero-order valence-electron chi connectivity index (χ0n) is 13.8. The molecule has 0 aliphatic carbocycles. The average molecular weight is 362 g/mol. The van der Waals surface area contributed by atoms with Crippen molar-refractivity contribution in [1.82, 2.24) is 4.98 Å². The van der Waals surface area contributed by atoms with Gasteiger partial charge in [-0.05, 0) is 18.6 Å². The summed E-state index contributed by atoms with van der Waals surface area (Å²) in [5, 5.41) is 25.8. The summed E-state index contributed by atoms with van der Waals surface area (Å²) in [5.41, 5.74) is 3.63. The van der Waals surface area contributed by atoms with Crippen molar-refractivity contribution < 1.29 is 4.92 Å². The Morgan fingerprint density at radius 1 is 1.31 bits per heavy atom. The third-order valence-corrected chi connectivity index (χ3v) is 4.60. The van der Waals surface area contributed by atoms with E-state index in [1.165, 1.54) is 23.5 Å². The SMILES string of the molecule is Cc1ccccc1NC=C(C#N)c1nc(-c2cccc([N+](=O)[O-])c2)cs1. The lowest BCUT2D eigenvalue weighted by atomic mass is 10.1. The number of thiazole rings is 1. The summed E-state index contributed by atoms with van der Waals surface area (Å²) in [6.45, 7) is 1.98. The summed E-state index contributed by atoms with van der Waals surface area (Å²) in [6, 6.07) is 16.2. The van der Waals surface area contributed by atoms with Crippen molar-refractivity contribution in [2.45, 2.75) is 6.92 Å². The Kier molecular flexibility index (Phi) is 5.06. The molecule has 0 unspecified atom stereocenters. The predicted molar refractivity (Wildman–Crippen MR) is 103 cm³/mol. The summed E-state index contributed by atoms with van der Waals surface area (Å²) >= 11 is 1.32. The molecule has 0 radical (unpaired) electrons. The fraction of sp³-hybridized carbons (Fsp3) is 0.0526. The number of rotatable bonds is 5. The largest absolute Gasteiger partial charge is 0.360 e. The number of benzene rings is 2. The van der Waals surface area contributed by atoms with Gasteiger partial charge in [-0.25, -0.2) is 4.98 Å². The Hall–Kier alpha value is -3.50. The highest BCUT2D eigenvalue weighted by molar-refractivity contribution is 7.11. The number of nitro groups is 1. The molecule has 1 aromatic heterocycles. The van der Waals surface area contributed by atoms with Crippen molar-refractivity contribution in [3.63, 3.8) is 0 Å². The van der Waals surface area contributed by atoms with Crippen LogP contribution in [0, 0.1) is 28.4 Å². The van der Waals surface area contributed by atoms with E-state index in [0.29, 0.717) is 21.8 Å². The molecular weight excluding hydrogens is 348 g/mol. The van der Waals surface area contributed by atoms with E-state index in [1.54, 1.807) is 23.7 Å². The summed E-state index contributed by atoms with van der Waals surface area (Å²) in [5.74, 6) is 0. The third kappa shape index (κ3) is 3.77. The molecule has 128 valence electrons. The van der Waals surface area contributed by atoms with Gasteiger partial charge in [-0.15, -0.1) is 11.3 Å². The minimum Gasteiger partial charge on any atom is -0.360 e. The van der Waals surface area contributed by atoms with E-state index in [-0.39, 0.29) is 5.69 Å². The van der Waals surface area contributed by atoms with Crippen LogP contribution in [0.25, 0.3) is 16.8 Å². The highest BCUT2D eigenvalue weighted by atomic mass is 32.1. The van der Waals surface area contributed by atoms with Crippen molar-refractivity contribution in [1.29, 1.82) is 5.26 Å². The number of nitriles is 1. The number of nitrogens with one attached hydrogen (secondary N) is 1. The Bertz CT molecular complexity index is 1030. The van der Waals surface area contributed by atoms with Crippen LogP contribution in [0.3, 0.4) is 0 Å². The molecular formula is C19H14N4O2S. The van der Waals surface area contributed by atoms with Gasteiger partial charge in [0, 0.05) is 35.0 Å². The Labute approximate surface area is 154 Å². The van der Waals surface area contributed by atoms with Gasteiger partial charge in [-0.1, -0.05) is 30.3 Å². The number of para-hydroxylation sites is 1. The molecule has 1 N–H and O–H groups in total. The lowest BCUT2D eigenvalue weighted by Gasteiger charge is -2.04. The number of anilines is 1. The van der Waals surface area contributed by atoms with Crippen molar-refractivity contribution in [2.24, 2.45) is 0 Å². The highest BCUT2D eigenvalue weighted by Gasteiger charge is 2.12. The smallest absolute Gasteiger partial charge is 0.270 e. The zero-order chi connectivity index (χ0) is 18.5. The van der Waals surface area contributed by atoms with E-state index < -0.39 is 4.92 Å². The number of nitrogens with zero attached hydrogens (tertiary/aromatic N) is 3. The van der Waals surface area contributed by atoms with Crippen LogP contribution in [0.1, 0.15) is 10.6 Å². The second-order valence-corrected chi connectivity index (χ2v) is 6.33. The van der Waals surface area contributed by atoms with Gasteiger partial charge in [-0.2, -0.15) is 5.26 Å². The second-order valence-electron chi connectivity index (χ2n) is 5.47. The Morgan fingerprint density at radius 2 is 2.12 bits per heavy atom. The molecule has 0 atom stereocenters. The lowest BCUT2D eigenvalue weighted by molar-refractivity contribution is -0.384. The first-order chi connectivity index (χ1) is 12.6. The molecule has 0 spiro atoms. The standard InChI is InChI=1S/C19H14N4O2S/c1-13-5-2-3-8-17(13)21-11-15(10-20)19-22-18(12-26-19)14-6-4-7-16(9-14)23(24)25/h2-9,11-12,21H,1H3. The third-order valence-electron chi connectivity index (χ3n) is 3.72. The van der Waals surface area contributed by atoms with Gasteiger partial charge >= 0.3 is 0 Å². The zero-order valence-corrected chi connectivity index (χ0v) is 14.7. The van der Waals surface area contributed by atoms with Gasteiger partial charge in [0.25, 0.3) is 5.69 Å². The first kappa shape index (κ1) is 17.3. The van der Waals surface area contributed by atoms with Crippen LogP contribution < -0.4 is 5.32 Å². The molecule has 2 aromatic carbocycles. The Balaban J connectivity index is 1.87. The van der Waals surface area contributed by atoms with Gasteiger partial charge in [-0.3, -0.25) is 10.1 Å². The minimum absolute atomic E-state index is 0.00863. The summed E-state index contributed by atoms with van der Waals surface area (Å²) < 4.78 is 0. The lowest BCUT2D eigenvalue weighted by Crippen LogP contribution is -1.93. The predicted octanol–water partition coefficient (Wildman–Crippen LogP) is 5.00. The summed E-state index contributed by atoms with van der Waals surface area (Å²) in [4.78, 5) is 14.9. The molecule has 0 bridgehead atoms. The maximum Gasteiger partial charge on any atom is 0.270 e. The molecule has 26 heavy (non-hydrogen) atoms. The van der Waals surface area contributed by atoms with Crippen LogP contribution in [0.5, 0.6) is 0 Å². The molecule has 0 saturated carbocycles. The van der Waals surface area contributed by atoms with Crippen molar-refractivity contribution in [2.75, 3.05) is 5.32 Å². The average Bonchev–Trinajstić information content (AvgIpc) is 3.14. The molecule has 3 aromatic rings. The first-order valence-electron chi connectivity index (χ1n) is 7.71. The van der Waals surface area contributed by atoms with E-state index >= 15 is 0 Å². The topological polar surface area (TPSA) is 91.8 Å². The van der Waals surface area contributed by atoms with Crippen molar-refractivity contribution in [3.8, 4) is 17.3 Å². The van der Waals surface area contributed by atoms with Crippen LogP contribution in [0.4, 0.5) is 11.4 Å². The number of nitro benzene ring substituents is 1. The van der Waals surface area contributed by atoms with Crippen LogP contribution >= 0.6 is 11.3 Å². The maximum atomic E-state index is 10.9. The van der Waals surface area contributed by atoms with Crippen LogP contribution in [0.15, 0.2) is 60.1 Å². The number of aromatic nitrogens is 1. The molecule has 6 nitrogen and oxygen atoms in total. The molecule has 0 aliphatic rings. The molecule has 1 heterocycles. The monoisotopic (exact) mass is 362 g/mol. The van der Waals surface area contributed by atoms with Gasteiger partial charge in [0.1, 0.15) is 16.6 Å². The Morgan fingerprint density at radius 3 is 2.85 bits per heavy atom. The van der Waals surface area contributed by atoms with E-state index in [4.69, 9.17) is 0 Å². The van der Waals surface area contributed by atoms with Crippen LogP contribution in [0.2, 0.25) is 0 Å². The number of non-ortho nitro benzene ring substituents is 1. The number of aryl methyl sites for hydroxylation is 1. The van der Waals surface area contributed by atoms with E-state index in [0.717, 1.165) is 11.3 Å². The number of allylic oxidation sites excluding steroid dienone is 1. The molecule has 0 amide bonds. The van der Waals surface area contributed by atoms with Crippen LogP contribution in [-0.2, 0) is 0 Å². The second kappa shape index (κ2) is 7.59. The number of hydrogen-bond acceptors (Lipinski definition) is 6. The molecule has 3 rings (SSSR count). The number of hydrogen-bond donors (Lipinski definition) is 1. The first-order valence-corrected chi connectivity index (χ1v) is 8.59. The maximum absolute atomic E-state index is 10.9. The van der Waals surface area contributed by atoms with E-state index in [1.807, 2.05) is 31.2 Å². The molecule has 7 heteroatoms. The molecule has 0 fully saturated rings. The fourth-order valence-electron chi connectivity index (χ4n) is 2.34.